The number of hydrogen-bond donors (Lipinski definition) is 2. The molecule has 0 saturated carbocycles. The van der Waals surface area contributed by atoms with Crippen molar-refractivity contribution < 1.29 is 0 Å². The van der Waals surface area contributed by atoms with Gasteiger partial charge in [0.2, 0.25) is 0 Å². The highest BCUT2D eigenvalue weighted by molar-refractivity contribution is 5.14. The molecule has 0 bridgehead atoms. The summed E-state index contributed by atoms with van der Waals surface area (Å²) in [6, 6.07) is 4.51. The summed E-state index contributed by atoms with van der Waals surface area (Å²) in [7, 11) is 4.01. The minimum Gasteiger partial charge on any atom is -0.319 e. The molecule has 0 aliphatic heterocycles. The summed E-state index contributed by atoms with van der Waals surface area (Å²) in [5.41, 5.74) is 1.27. The maximum absolute atomic E-state index is 4.17. The molecular formula is C12H21N3. The molecule has 0 fully saturated rings. The number of aromatic nitrogens is 1. The van der Waals surface area contributed by atoms with Gasteiger partial charge in [0.15, 0.2) is 0 Å². The van der Waals surface area contributed by atoms with Crippen molar-refractivity contribution >= 4 is 0 Å². The second-order valence-electron chi connectivity index (χ2n) is 3.78. The van der Waals surface area contributed by atoms with Gasteiger partial charge in [-0.1, -0.05) is 19.4 Å². The van der Waals surface area contributed by atoms with Gasteiger partial charge in [0.05, 0.1) is 0 Å². The highest BCUT2D eigenvalue weighted by Crippen LogP contribution is 2.22. The summed E-state index contributed by atoms with van der Waals surface area (Å²) in [5.74, 6) is 0.601. The van der Waals surface area contributed by atoms with Crippen LogP contribution in [0.15, 0.2) is 24.5 Å². The molecule has 1 rings (SSSR count). The van der Waals surface area contributed by atoms with Crippen molar-refractivity contribution in [1.82, 2.24) is 15.6 Å². The van der Waals surface area contributed by atoms with Crippen molar-refractivity contribution in [2.75, 3.05) is 20.6 Å². The van der Waals surface area contributed by atoms with Crippen LogP contribution in [0.1, 0.15) is 24.9 Å². The van der Waals surface area contributed by atoms with E-state index in [2.05, 4.69) is 28.6 Å². The molecule has 0 aliphatic carbocycles. The first-order valence-corrected chi connectivity index (χ1v) is 5.55. The first kappa shape index (κ1) is 12.1. The molecule has 1 heterocycles. The Hall–Kier alpha value is -0.930. The van der Waals surface area contributed by atoms with E-state index in [-0.39, 0.29) is 0 Å². The second kappa shape index (κ2) is 6.53. The minimum atomic E-state index is 0.385. The SMILES string of the molecule is CCC(CNC)C(NC)c1cccnc1. The molecule has 0 aliphatic rings. The molecule has 3 heteroatoms. The molecule has 0 amide bonds. The lowest BCUT2D eigenvalue weighted by Crippen LogP contribution is -2.31. The van der Waals surface area contributed by atoms with Crippen LogP contribution < -0.4 is 10.6 Å². The van der Waals surface area contributed by atoms with Gasteiger partial charge in [0.1, 0.15) is 0 Å². The van der Waals surface area contributed by atoms with Gasteiger partial charge in [0, 0.05) is 18.4 Å². The van der Waals surface area contributed by atoms with Crippen LogP contribution in [0.25, 0.3) is 0 Å². The van der Waals surface area contributed by atoms with E-state index in [0.717, 1.165) is 13.0 Å². The van der Waals surface area contributed by atoms with Crippen molar-refractivity contribution in [2.24, 2.45) is 5.92 Å². The normalized spacial score (nSPS) is 14.9. The molecule has 2 N–H and O–H groups in total. The van der Waals surface area contributed by atoms with Gasteiger partial charge in [0.25, 0.3) is 0 Å². The fraction of sp³-hybridized carbons (Fsp3) is 0.583. The Morgan fingerprint density at radius 1 is 1.40 bits per heavy atom. The van der Waals surface area contributed by atoms with Gasteiger partial charge in [-0.15, -0.1) is 0 Å². The smallest absolute Gasteiger partial charge is 0.0373 e. The van der Waals surface area contributed by atoms with E-state index in [9.17, 15) is 0 Å². The van der Waals surface area contributed by atoms with Crippen LogP contribution in [-0.4, -0.2) is 25.6 Å². The maximum atomic E-state index is 4.17. The summed E-state index contributed by atoms with van der Waals surface area (Å²) in [6.45, 7) is 3.25. The molecule has 15 heavy (non-hydrogen) atoms. The Balaban J connectivity index is 2.77. The Kier molecular flexibility index (Phi) is 5.29. The number of pyridine rings is 1. The summed E-state index contributed by atoms with van der Waals surface area (Å²) >= 11 is 0. The van der Waals surface area contributed by atoms with Crippen LogP contribution in [-0.2, 0) is 0 Å². The van der Waals surface area contributed by atoms with E-state index < -0.39 is 0 Å². The van der Waals surface area contributed by atoms with Crippen molar-refractivity contribution in [1.29, 1.82) is 0 Å². The molecule has 0 spiro atoms. The van der Waals surface area contributed by atoms with Gasteiger partial charge in [-0.3, -0.25) is 4.98 Å². The van der Waals surface area contributed by atoms with E-state index in [1.54, 1.807) is 0 Å². The molecule has 2 atom stereocenters. The van der Waals surface area contributed by atoms with E-state index >= 15 is 0 Å². The fourth-order valence-corrected chi connectivity index (χ4v) is 1.99. The minimum absolute atomic E-state index is 0.385. The predicted octanol–water partition coefficient (Wildman–Crippen LogP) is 1.59. The van der Waals surface area contributed by atoms with Crippen molar-refractivity contribution in [3.05, 3.63) is 30.1 Å². The molecule has 1 aromatic rings. The van der Waals surface area contributed by atoms with E-state index in [1.807, 2.05) is 32.6 Å². The third-order valence-electron chi connectivity index (χ3n) is 2.82. The zero-order valence-electron chi connectivity index (χ0n) is 9.83. The molecule has 0 saturated heterocycles. The second-order valence-corrected chi connectivity index (χ2v) is 3.78. The molecule has 2 unspecified atom stereocenters. The van der Waals surface area contributed by atoms with Crippen LogP contribution >= 0.6 is 0 Å². The van der Waals surface area contributed by atoms with Crippen LogP contribution in [0.2, 0.25) is 0 Å². The van der Waals surface area contributed by atoms with Crippen LogP contribution in [0.5, 0.6) is 0 Å². The third kappa shape index (κ3) is 3.29. The van der Waals surface area contributed by atoms with Gasteiger partial charge >= 0.3 is 0 Å². The fourth-order valence-electron chi connectivity index (χ4n) is 1.99. The van der Waals surface area contributed by atoms with Crippen LogP contribution in [0.3, 0.4) is 0 Å². The Bertz CT molecular complexity index is 261. The Labute approximate surface area is 92.3 Å². The molecule has 84 valence electrons. The average molecular weight is 207 g/mol. The van der Waals surface area contributed by atoms with Gasteiger partial charge in [-0.05, 0) is 38.2 Å². The number of rotatable bonds is 6. The molecule has 1 aromatic heterocycles. The van der Waals surface area contributed by atoms with Gasteiger partial charge in [-0.2, -0.15) is 0 Å². The van der Waals surface area contributed by atoms with E-state index in [0.29, 0.717) is 12.0 Å². The number of nitrogens with one attached hydrogen (secondary N) is 2. The monoisotopic (exact) mass is 207 g/mol. The molecular weight excluding hydrogens is 186 g/mol. The van der Waals surface area contributed by atoms with Gasteiger partial charge in [-0.25, -0.2) is 0 Å². The average Bonchev–Trinajstić information content (AvgIpc) is 2.30. The zero-order valence-corrected chi connectivity index (χ0v) is 9.83. The summed E-state index contributed by atoms with van der Waals surface area (Å²) < 4.78 is 0. The summed E-state index contributed by atoms with van der Waals surface area (Å²) in [4.78, 5) is 4.17. The Morgan fingerprint density at radius 3 is 2.67 bits per heavy atom. The zero-order chi connectivity index (χ0) is 11.1. The Morgan fingerprint density at radius 2 is 2.20 bits per heavy atom. The highest BCUT2D eigenvalue weighted by atomic mass is 14.9. The topological polar surface area (TPSA) is 37.0 Å². The molecule has 3 nitrogen and oxygen atoms in total. The van der Waals surface area contributed by atoms with Crippen LogP contribution in [0, 0.1) is 5.92 Å². The predicted molar refractivity (Wildman–Crippen MR) is 63.7 cm³/mol. The third-order valence-corrected chi connectivity index (χ3v) is 2.82. The summed E-state index contributed by atoms with van der Waals surface area (Å²) in [5, 5.41) is 6.62. The quantitative estimate of drug-likeness (QED) is 0.744. The highest BCUT2D eigenvalue weighted by Gasteiger charge is 2.19. The lowest BCUT2D eigenvalue weighted by atomic mass is 9.92. The molecule has 0 radical (unpaired) electrons. The van der Waals surface area contributed by atoms with Crippen molar-refractivity contribution in [2.45, 2.75) is 19.4 Å². The number of nitrogens with zero attached hydrogens (tertiary/aromatic N) is 1. The maximum Gasteiger partial charge on any atom is 0.0373 e. The first-order valence-electron chi connectivity index (χ1n) is 5.55. The lowest BCUT2D eigenvalue weighted by molar-refractivity contribution is 0.359. The summed E-state index contributed by atoms with van der Waals surface area (Å²) in [6.07, 6.45) is 4.91. The number of hydrogen-bond acceptors (Lipinski definition) is 3. The van der Waals surface area contributed by atoms with Crippen LogP contribution in [0.4, 0.5) is 0 Å². The largest absolute Gasteiger partial charge is 0.319 e. The lowest BCUT2D eigenvalue weighted by Gasteiger charge is -2.25. The van der Waals surface area contributed by atoms with Crippen molar-refractivity contribution in [3.8, 4) is 0 Å². The van der Waals surface area contributed by atoms with Crippen molar-refractivity contribution in [3.63, 3.8) is 0 Å². The first-order chi connectivity index (χ1) is 7.33. The van der Waals surface area contributed by atoms with E-state index in [4.69, 9.17) is 0 Å². The molecule has 0 aromatic carbocycles. The standard InChI is InChI=1S/C12H21N3/c1-4-10(8-13-2)12(14-3)11-6-5-7-15-9-11/h5-7,9-10,12-14H,4,8H2,1-3H3. The van der Waals surface area contributed by atoms with Gasteiger partial charge < -0.3 is 10.6 Å². The van der Waals surface area contributed by atoms with E-state index in [1.165, 1.54) is 5.56 Å².